The quantitative estimate of drug-likeness (QED) is 0.843. The minimum absolute atomic E-state index is 0.0868. The number of nitrogens with zero attached hydrogens (tertiary/aromatic N) is 3. The molecular weight excluding hydrogens is 266 g/mol. The average molecular weight is 285 g/mol. The molecule has 1 fully saturated rings. The molecule has 0 atom stereocenters. The lowest BCUT2D eigenvalue weighted by atomic mass is 10.1. The third-order valence-electron chi connectivity index (χ3n) is 3.67. The SMILES string of the molecule is O=C(NCCN1CCNCC1)c1cccc2nccnc12. The van der Waals surface area contributed by atoms with Crippen LogP contribution in [0, 0.1) is 0 Å². The average Bonchev–Trinajstić information content (AvgIpc) is 2.55. The van der Waals surface area contributed by atoms with Crippen molar-refractivity contribution in [1.82, 2.24) is 25.5 Å². The van der Waals surface area contributed by atoms with Gasteiger partial charge < -0.3 is 10.6 Å². The Bertz CT molecular complexity index is 619. The summed E-state index contributed by atoms with van der Waals surface area (Å²) in [4.78, 5) is 23.1. The first-order valence-electron chi connectivity index (χ1n) is 7.25. The largest absolute Gasteiger partial charge is 0.351 e. The van der Waals surface area contributed by atoms with E-state index in [1.54, 1.807) is 18.5 Å². The number of aromatic nitrogens is 2. The molecule has 2 aromatic rings. The van der Waals surface area contributed by atoms with Gasteiger partial charge in [0.15, 0.2) is 0 Å². The lowest BCUT2D eigenvalue weighted by Crippen LogP contribution is -2.46. The van der Waals surface area contributed by atoms with Crippen LogP contribution in [0.25, 0.3) is 11.0 Å². The molecule has 0 bridgehead atoms. The summed E-state index contributed by atoms with van der Waals surface area (Å²) in [5.41, 5.74) is 1.98. The fraction of sp³-hybridized carbons (Fsp3) is 0.400. The molecule has 1 aliphatic rings. The highest BCUT2D eigenvalue weighted by Gasteiger charge is 2.12. The van der Waals surface area contributed by atoms with E-state index in [4.69, 9.17) is 0 Å². The molecule has 2 N–H and O–H groups in total. The Hall–Kier alpha value is -2.05. The summed E-state index contributed by atoms with van der Waals surface area (Å²) in [6.45, 7) is 5.64. The standard InChI is InChI=1S/C15H19N5O/c21-15(19-8-11-20-9-6-16-7-10-20)12-2-1-3-13-14(12)18-5-4-17-13/h1-5,16H,6-11H2,(H,19,21). The summed E-state index contributed by atoms with van der Waals surface area (Å²) >= 11 is 0. The number of benzene rings is 1. The van der Waals surface area contributed by atoms with Crippen LogP contribution in [-0.4, -0.2) is 60.0 Å². The molecule has 0 radical (unpaired) electrons. The summed E-state index contributed by atoms with van der Waals surface area (Å²) in [7, 11) is 0. The highest BCUT2D eigenvalue weighted by Crippen LogP contribution is 2.13. The second-order valence-electron chi connectivity index (χ2n) is 5.08. The van der Waals surface area contributed by atoms with Crippen LogP contribution in [0.5, 0.6) is 0 Å². The predicted octanol–water partition coefficient (Wildman–Crippen LogP) is 0.265. The van der Waals surface area contributed by atoms with Gasteiger partial charge in [-0.15, -0.1) is 0 Å². The predicted molar refractivity (Wildman–Crippen MR) is 81.2 cm³/mol. The number of rotatable bonds is 4. The van der Waals surface area contributed by atoms with Crippen molar-refractivity contribution in [3.63, 3.8) is 0 Å². The van der Waals surface area contributed by atoms with Crippen LogP contribution in [-0.2, 0) is 0 Å². The maximum atomic E-state index is 12.3. The molecular formula is C15H19N5O. The summed E-state index contributed by atoms with van der Waals surface area (Å²) in [6, 6.07) is 5.49. The van der Waals surface area contributed by atoms with E-state index >= 15 is 0 Å². The normalized spacial score (nSPS) is 16.0. The Labute approximate surface area is 123 Å². The van der Waals surface area contributed by atoms with Gasteiger partial charge in [-0.2, -0.15) is 0 Å². The molecule has 0 unspecified atom stereocenters. The van der Waals surface area contributed by atoms with Crippen LogP contribution < -0.4 is 10.6 Å². The minimum atomic E-state index is -0.0868. The molecule has 1 amide bonds. The van der Waals surface area contributed by atoms with Crippen LogP contribution in [0.1, 0.15) is 10.4 Å². The fourth-order valence-electron chi connectivity index (χ4n) is 2.53. The molecule has 0 saturated carbocycles. The number of hydrogen-bond acceptors (Lipinski definition) is 5. The van der Waals surface area contributed by atoms with E-state index in [1.807, 2.05) is 12.1 Å². The van der Waals surface area contributed by atoms with Crippen molar-refractivity contribution in [2.45, 2.75) is 0 Å². The zero-order valence-electron chi connectivity index (χ0n) is 11.9. The van der Waals surface area contributed by atoms with Gasteiger partial charge in [0.1, 0.15) is 5.52 Å². The van der Waals surface area contributed by atoms with Crippen LogP contribution >= 0.6 is 0 Å². The molecule has 0 aliphatic carbocycles. The number of amides is 1. The molecule has 0 spiro atoms. The zero-order valence-corrected chi connectivity index (χ0v) is 11.9. The second kappa shape index (κ2) is 6.60. The first-order valence-corrected chi connectivity index (χ1v) is 7.25. The van der Waals surface area contributed by atoms with E-state index in [1.165, 1.54) is 0 Å². The monoisotopic (exact) mass is 285 g/mol. The Morgan fingerprint density at radius 3 is 2.90 bits per heavy atom. The van der Waals surface area contributed by atoms with Crippen molar-refractivity contribution in [2.24, 2.45) is 0 Å². The molecule has 110 valence electrons. The van der Waals surface area contributed by atoms with E-state index in [-0.39, 0.29) is 5.91 Å². The van der Waals surface area contributed by atoms with Gasteiger partial charge in [-0.3, -0.25) is 19.7 Å². The van der Waals surface area contributed by atoms with Gasteiger partial charge in [0.25, 0.3) is 5.91 Å². The number of piperazine rings is 1. The topological polar surface area (TPSA) is 70.2 Å². The molecule has 6 heteroatoms. The number of carbonyl (C=O) groups is 1. The van der Waals surface area contributed by atoms with Crippen LogP contribution in [0.3, 0.4) is 0 Å². The van der Waals surface area contributed by atoms with E-state index in [9.17, 15) is 4.79 Å². The Balaban J connectivity index is 1.61. The van der Waals surface area contributed by atoms with Crippen molar-refractivity contribution in [2.75, 3.05) is 39.3 Å². The Kier molecular flexibility index (Phi) is 4.37. The second-order valence-corrected chi connectivity index (χ2v) is 5.08. The number of carbonyl (C=O) groups excluding carboxylic acids is 1. The van der Waals surface area contributed by atoms with E-state index in [0.717, 1.165) is 38.2 Å². The summed E-state index contributed by atoms with van der Waals surface area (Å²) in [5, 5.41) is 6.29. The summed E-state index contributed by atoms with van der Waals surface area (Å²) in [5.74, 6) is -0.0868. The Morgan fingerprint density at radius 1 is 1.24 bits per heavy atom. The van der Waals surface area contributed by atoms with Crippen molar-refractivity contribution in [3.05, 3.63) is 36.2 Å². The first-order chi connectivity index (χ1) is 10.3. The molecule has 1 aromatic heterocycles. The van der Waals surface area contributed by atoms with E-state index < -0.39 is 0 Å². The highest BCUT2D eigenvalue weighted by atomic mass is 16.1. The van der Waals surface area contributed by atoms with Gasteiger partial charge in [0.05, 0.1) is 11.1 Å². The Morgan fingerprint density at radius 2 is 2.05 bits per heavy atom. The van der Waals surface area contributed by atoms with Gasteiger partial charge in [-0.25, -0.2) is 0 Å². The van der Waals surface area contributed by atoms with Gasteiger partial charge in [0.2, 0.25) is 0 Å². The van der Waals surface area contributed by atoms with Crippen molar-refractivity contribution in [1.29, 1.82) is 0 Å². The maximum Gasteiger partial charge on any atom is 0.253 e. The molecule has 6 nitrogen and oxygen atoms in total. The number of hydrogen-bond donors (Lipinski definition) is 2. The van der Waals surface area contributed by atoms with Gasteiger partial charge in [-0.1, -0.05) is 6.07 Å². The smallest absolute Gasteiger partial charge is 0.253 e. The van der Waals surface area contributed by atoms with E-state index in [0.29, 0.717) is 17.6 Å². The van der Waals surface area contributed by atoms with Gasteiger partial charge >= 0.3 is 0 Å². The maximum absolute atomic E-state index is 12.3. The third-order valence-corrected chi connectivity index (χ3v) is 3.67. The number of fused-ring (bicyclic) bond motifs is 1. The molecule has 1 aromatic carbocycles. The van der Waals surface area contributed by atoms with Crippen molar-refractivity contribution < 1.29 is 4.79 Å². The molecule has 1 saturated heterocycles. The van der Waals surface area contributed by atoms with E-state index in [2.05, 4.69) is 25.5 Å². The molecule has 1 aliphatic heterocycles. The van der Waals surface area contributed by atoms with Gasteiger partial charge in [-0.05, 0) is 12.1 Å². The van der Waals surface area contributed by atoms with Crippen molar-refractivity contribution >= 4 is 16.9 Å². The summed E-state index contributed by atoms with van der Waals surface area (Å²) in [6.07, 6.45) is 3.24. The third kappa shape index (κ3) is 3.34. The molecule has 21 heavy (non-hydrogen) atoms. The highest BCUT2D eigenvalue weighted by molar-refractivity contribution is 6.04. The van der Waals surface area contributed by atoms with Crippen LogP contribution in [0.15, 0.2) is 30.6 Å². The lowest BCUT2D eigenvalue weighted by Gasteiger charge is -2.27. The first kappa shape index (κ1) is 13.9. The van der Waals surface area contributed by atoms with Crippen LogP contribution in [0.2, 0.25) is 0 Å². The molecule has 3 rings (SSSR count). The number of nitrogens with one attached hydrogen (secondary N) is 2. The van der Waals surface area contributed by atoms with Crippen LogP contribution in [0.4, 0.5) is 0 Å². The summed E-state index contributed by atoms with van der Waals surface area (Å²) < 4.78 is 0. The van der Waals surface area contributed by atoms with Gasteiger partial charge in [0, 0.05) is 51.7 Å². The number of para-hydroxylation sites is 1. The zero-order chi connectivity index (χ0) is 14.5. The lowest BCUT2D eigenvalue weighted by molar-refractivity contribution is 0.0948. The minimum Gasteiger partial charge on any atom is -0.351 e. The fourth-order valence-corrected chi connectivity index (χ4v) is 2.53. The van der Waals surface area contributed by atoms with Crippen molar-refractivity contribution in [3.8, 4) is 0 Å². The molecule has 2 heterocycles.